The summed E-state index contributed by atoms with van der Waals surface area (Å²) in [6.45, 7) is 3.55. The van der Waals surface area contributed by atoms with Crippen LogP contribution in [0.2, 0.25) is 0 Å². The van der Waals surface area contributed by atoms with E-state index in [0.717, 1.165) is 19.4 Å². The maximum absolute atomic E-state index is 10.4. The number of amides is 2. The highest BCUT2D eigenvalue weighted by Gasteiger charge is 1.97. The average Bonchev–Trinajstić information content (AvgIpc) is 2.60. The van der Waals surface area contributed by atoms with Gasteiger partial charge in [-0.1, -0.05) is 0 Å². The molecule has 1 aromatic heterocycles. The number of nitrogens with zero attached hydrogens (tertiary/aromatic N) is 2. The Balaban J connectivity index is 2.21. The summed E-state index contributed by atoms with van der Waals surface area (Å²) in [4.78, 5) is 10.4. The summed E-state index contributed by atoms with van der Waals surface area (Å²) >= 11 is 0. The molecule has 3 N–H and O–H groups in total. The minimum atomic E-state index is -0.464. The van der Waals surface area contributed by atoms with E-state index in [9.17, 15) is 4.79 Å². The molecule has 1 heterocycles. The lowest BCUT2D eigenvalue weighted by molar-refractivity contribution is 0.249. The van der Waals surface area contributed by atoms with E-state index in [1.165, 1.54) is 5.56 Å². The predicted octanol–water partition coefficient (Wildman–Crippen LogP) is 0.504. The van der Waals surface area contributed by atoms with E-state index >= 15 is 0 Å². The Morgan fingerprint density at radius 2 is 2.50 bits per heavy atom. The molecule has 2 amide bonds. The molecule has 5 nitrogen and oxygen atoms in total. The highest BCUT2D eigenvalue weighted by atomic mass is 16.2. The molecule has 0 unspecified atom stereocenters. The molecule has 0 spiro atoms. The normalized spacial score (nSPS) is 10.1. The van der Waals surface area contributed by atoms with Gasteiger partial charge >= 0.3 is 6.03 Å². The molecule has 0 radical (unpaired) electrons. The molecule has 0 aliphatic rings. The van der Waals surface area contributed by atoms with Crippen molar-refractivity contribution in [3.63, 3.8) is 0 Å². The largest absolute Gasteiger partial charge is 0.352 e. The average molecular weight is 196 g/mol. The quantitative estimate of drug-likeness (QED) is 0.673. The topological polar surface area (TPSA) is 72.9 Å². The third kappa shape index (κ3) is 3.47. The first kappa shape index (κ1) is 10.6. The van der Waals surface area contributed by atoms with Crippen molar-refractivity contribution in [2.45, 2.75) is 26.3 Å². The fraction of sp³-hybridized carbons (Fsp3) is 0.556. The Hall–Kier alpha value is -1.52. The number of urea groups is 1. The predicted molar refractivity (Wildman–Crippen MR) is 53.8 cm³/mol. The summed E-state index contributed by atoms with van der Waals surface area (Å²) in [7, 11) is 0. The molecule has 0 aromatic carbocycles. The van der Waals surface area contributed by atoms with Crippen LogP contribution in [0.5, 0.6) is 0 Å². The Kier molecular flexibility index (Phi) is 3.97. The first-order valence-corrected chi connectivity index (χ1v) is 4.77. The van der Waals surface area contributed by atoms with E-state index in [1.54, 1.807) is 0 Å². The van der Waals surface area contributed by atoms with Crippen molar-refractivity contribution in [1.82, 2.24) is 15.1 Å². The van der Waals surface area contributed by atoms with E-state index in [-0.39, 0.29) is 0 Å². The standard InChI is InChI=1S/C9H16N4O/c1-2-13-7-8(6-12-13)4-3-5-11-9(10)14/h6-7H,2-5H2,1H3,(H3,10,11,14). The van der Waals surface area contributed by atoms with Crippen LogP contribution >= 0.6 is 0 Å². The first-order chi connectivity index (χ1) is 6.72. The van der Waals surface area contributed by atoms with Gasteiger partial charge in [-0.15, -0.1) is 0 Å². The molecule has 1 aromatic rings. The van der Waals surface area contributed by atoms with Crippen LogP contribution < -0.4 is 11.1 Å². The van der Waals surface area contributed by atoms with Crippen molar-refractivity contribution < 1.29 is 4.79 Å². The molecule has 1 rings (SSSR count). The van der Waals surface area contributed by atoms with Gasteiger partial charge in [-0.25, -0.2) is 4.79 Å². The molecule has 0 bridgehead atoms. The van der Waals surface area contributed by atoms with Crippen molar-refractivity contribution in [1.29, 1.82) is 0 Å². The van der Waals surface area contributed by atoms with Crippen molar-refractivity contribution in [2.24, 2.45) is 5.73 Å². The summed E-state index contributed by atoms with van der Waals surface area (Å²) in [5.41, 5.74) is 6.12. The van der Waals surface area contributed by atoms with E-state index < -0.39 is 6.03 Å². The van der Waals surface area contributed by atoms with Crippen LogP contribution in [0.25, 0.3) is 0 Å². The van der Waals surface area contributed by atoms with Crippen molar-refractivity contribution >= 4 is 6.03 Å². The summed E-state index contributed by atoms with van der Waals surface area (Å²) in [6, 6.07) is -0.464. The van der Waals surface area contributed by atoms with Gasteiger partial charge in [-0.3, -0.25) is 4.68 Å². The second kappa shape index (κ2) is 5.26. The fourth-order valence-electron chi connectivity index (χ4n) is 1.21. The second-order valence-corrected chi connectivity index (χ2v) is 3.10. The van der Waals surface area contributed by atoms with E-state index in [1.807, 2.05) is 24.0 Å². The summed E-state index contributed by atoms with van der Waals surface area (Å²) in [6.07, 6.45) is 5.68. The van der Waals surface area contributed by atoms with Crippen LogP contribution in [0.15, 0.2) is 12.4 Å². The van der Waals surface area contributed by atoms with Crippen molar-refractivity contribution in [2.75, 3.05) is 6.54 Å². The number of hydrogen-bond acceptors (Lipinski definition) is 2. The number of carbonyl (C=O) groups is 1. The van der Waals surface area contributed by atoms with Gasteiger partial charge in [-0.05, 0) is 25.3 Å². The van der Waals surface area contributed by atoms with E-state index in [2.05, 4.69) is 10.4 Å². The Morgan fingerprint density at radius 3 is 3.07 bits per heavy atom. The minimum Gasteiger partial charge on any atom is -0.352 e. The van der Waals surface area contributed by atoms with Crippen LogP contribution in [0.3, 0.4) is 0 Å². The van der Waals surface area contributed by atoms with E-state index in [4.69, 9.17) is 5.73 Å². The molecule has 0 aliphatic heterocycles. The lowest BCUT2D eigenvalue weighted by Gasteiger charge is -1.99. The molecule has 0 saturated heterocycles. The number of primary amides is 1. The number of carbonyl (C=O) groups excluding carboxylic acids is 1. The molecule has 0 saturated carbocycles. The smallest absolute Gasteiger partial charge is 0.312 e. The highest BCUT2D eigenvalue weighted by Crippen LogP contribution is 2.00. The number of hydrogen-bond donors (Lipinski definition) is 2. The number of nitrogens with one attached hydrogen (secondary N) is 1. The van der Waals surface area contributed by atoms with Gasteiger partial charge in [0.25, 0.3) is 0 Å². The third-order valence-corrected chi connectivity index (χ3v) is 1.95. The van der Waals surface area contributed by atoms with Crippen LogP contribution in [0.1, 0.15) is 18.9 Å². The van der Waals surface area contributed by atoms with Crippen LogP contribution in [-0.4, -0.2) is 22.4 Å². The van der Waals surface area contributed by atoms with Gasteiger partial charge in [-0.2, -0.15) is 5.10 Å². The monoisotopic (exact) mass is 196 g/mol. The highest BCUT2D eigenvalue weighted by molar-refractivity contribution is 5.71. The minimum absolute atomic E-state index is 0.464. The lowest BCUT2D eigenvalue weighted by Crippen LogP contribution is -2.30. The molecule has 0 atom stereocenters. The van der Waals surface area contributed by atoms with Crippen LogP contribution in [0.4, 0.5) is 4.79 Å². The zero-order chi connectivity index (χ0) is 10.4. The van der Waals surface area contributed by atoms with E-state index in [0.29, 0.717) is 6.54 Å². The molecule has 78 valence electrons. The summed E-state index contributed by atoms with van der Waals surface area (Å²) in [5.74, 6) is 0. The molecular weight excluding hydrogens is 180 g/mol. The first-order valence-electron chi connectivity index (χ1n) is 4.77. The molecule has 0 aliphatic carbocycles. The van der Waals surface area contributed by atoms with Gasteiger partial charge in [0.15, 0.2) is 0 Å². The molecule has 14 heavy (non-hydrogen) atoms. The molecule has 5 heteroatoms. The third-order valence-electron chi connectivity index (χ3n) is 1.95. The van der Waals surface area contributed by atoms with Crippen molar-refractivity contribution in [3.8, 4) is 0 Å². The van der Waals surface area contributed by atoms with Gasteiger partial charge in [0.2, 0.25) is 0 Å². The van der Waals surface area contributed by atoms with Crippen LogP contribution in [0, 0.1) is 0 Å². The SMILES string of the molecule is CCn1cc(CCCNC(N)=O)cn1. The zero-order valence-corrected chi connectivity index (χ0v) is 8.36. The molecular formula is C9H16N4O. The second-order valence-electron chi connectivity index (χ2n) is 3.10. The maximum Gasteiger partial charge on any atom is 0.312 e. The van der Waals surface area contributed by atoms with Gasteiger partial charge in [0, 0.05) is 19.3 Å². The maximum atomic E-state index is 10.4. The number of aromatic nitrogens is 2. The lowest BCUT2D eigenvalue weighted by atomic mass is 10.2. The Labute approximate surface area is 83.3 Å². The van der Waals surface area contributed by atoms with Crippen molar-refractivity contribution in [3.05, 3.63) is 18.0 Å². The fourth-order valence-corrected chi connectivity index (χ4v) is 1.21. The Bertz CT molecular complexity index is 295. The Morgan fingerprint density at radius 1 is 1.71 bits per heavy atom. The zero-order valence-electron chi connectivity index (χ0n) is 8.36. The summed E-state index contributed by atoms with van der Waals surface area (Å²) in [5, 5.41) is 6.70. The van der Waals surface area contributed by atoms with Gasteiger partial charge in [0.1, 0.15) is 0 Å². The summed E-state index contributed by atoms with van der Waals surface area (Å²) < 4.78 is 1.89. The van der Waals surface area contributed by atoms with Crippen LogP contribution in [-0.2, 0) is 13.0 Å². The number of nitrogens with two attached hydrogens (primary N) is 1. The van der Waals surface area contributed by atoms with Gasteiger partial charge < -0.3 is 11.1 Å². The molecule has 0 fully saturated rings. The number of rotatable bonds is 5. The number of aryl methyl sites for hydroxylation is 2. The van der Waals surface area contributed by atoms with Gasteiger partial charge in [0.05, 0.1) is 6.20 Å².